The summed E-state index contributed by atoms with van der Waals surface area (Å²) in [6.45, 7) is 2.95. The van der Waals surface area contributed by atoms with Gasteiger partial charge in [-0.3, -0.25) is 0 Å². The van der Waals surface area contributed by atoms with E-state index in [2.05, 4.69) is 61.5 Å². The van der Waals surface area contributed by atoms with Crippen LogP contribution in [0.4, 0.5) is 0 Å². The fourth-order valence-corrected chi connectivity index (χ4v) is 4.27. The van der Waals surface area contributed by atoms with Gasteiger partial charge in [0.05, 0.1) is 6.61 Å². The molecule has 4 rings (SSSR count). The normalized spacial score (nSPS) is 11.9. The van der Waals surface area contributed by atoms with Crippen molar-refractivity contribution in [2.75, 3.05) is 0 Å². The summed E-state index contributed by atoms with van der Waals surface area (Å²) in [7, 11) is 0.612. The van der Waals surface area contributed by atoms with E-state index >= 15 is 0 Å². The zero-order chi connectivity index (χ0) is 15.6. The lowest BCUT2D eigenvalue weighted by Gasteiger charge is -2.14. The third kappa shape index (κ3) is 2.62. The molecule has 0 bridgehead atoms. The van der Waals surface area contributed by atoms with E-state index in [4.69, 9.17) is 4.43 Å². The molecule has 1 nitrogen and oxygen atoms in total. The summed E-state index contributed by atoms with van der Waals surface area (Å²) in [5.41, 5.74) is 1.31. The summed E-state index contributed by atoms with van der Waals surface area (Å²) >= 11 is 0. The van der Waals surface area contributed by atoms with Crippen molar-refractivity contribution in [1.29, 1.82) is 0 Å². The Morgan fingerprint density at radius 3 is 2.30 bits per heavy atom. The predicted octanol–water partition coefficient (Wildman–Crippen LogP) is 5.94. The van der Waals surface area contributed by atoms with Crippen LogP contribution in [0.5, 0.6) is 0 Å². The van der Waals surface area contributed by atoms with Crippen LogP contribution in [-0.4, -0.2) is 9.76 Å². The molecule has 0 aromatic heterocycles. The van der Waals surface area contributed by atoms with E-state index in [0.717, 1.165) is 6.61 Å². The van der Waals surface area contributed by atoms with Gasteiger partial charge in [0.1, 0.15) is 0 Å². The first-order valence-corrected chi connectivity index (χ1v) is 9.50. The van der Waals surface area contributed by atoms with E-state index in [1.54, 1.807) is 0 Å². The van der Waals surface area contributed by atoms with Gasteiger partial charge in [0.15, 0.2) is 0 Å². The van der Waals surface area contributed by atoms with Crippen LogP contribution in [0.25, 0.3) is 32.3 Å². The molecule has 0 aliphatic rings. The third-order valence-corrected chi connectivity index (χ3v) is 5.49. The molecule has 0 fully saturated rings. The van der Waals surface area contributed by atoms with Gasteiger partial charge in [-0.15, -0.1) is 0 Å². The maximum Gasteiger partial charge on any atom is 0.230 e. The highest BCUT2D eigenvalue weighted by Crippen LogP contribution is 2.35. The van der Waals surface area contributed by atoms with E-state index in [0.29, 0.717) is 9.76 Å². The zero-order valence-corrected chi connectivity index (χ0v) is 14.4. The summed E-state index contributed by atoms with van der Waals surface area (Å²) in [6.07, 6.45) is 2.51. The van der Waals surface area contributed by atoms with Gasteiger partial charge in [-0.2, -0.15) is 0 Å². The zero-order valence-electron chi connectivity index (χ0n) is 13.4. The molecule has 0 unspecified atom stereocenters. The fourth-order valence-electron chi connectivity index (χ4n) is 3.37. The molecular weight excluding hydrogens is 296 g/mol. The van der Waals surface area contributed by atoms with Crippen LogP contribution < -0.4 is 0 Å². The van der Waals surface area contributed by atoms with Crippen molar-refractivity contribution in [3.8, 4) is 0 Å². The highest BCUT2D eigenvalue weighted by Gasteiger charge is 2.10. The lowest BCUT2D eigenvalue weighted by atomic mass is 9.92. The molecule has 2 radical (unpaired) electrons. The van der Waals surface area contributed by atoms with Gasteiger partial charge in [-0.05, 0) is 43.9 Å². The predicted molar refractivity (Wildman–Crippen MR) is 100 cm³/mol. The van der Waals surface area contributed by atoms with Crippen molar-refractivity contribution in [3.05, 3.63) is 60.2 Å². The maximum absolute atomic E-state index is 5.94. The standard InChI is InChI=1S/C21H20OSi/c1-2-3-13-23-22-14-18-10-9-17-8-7-15-5-4-6-16-11-12-19(18)21(17)20(15)16/h4-12H,2-3,13-14H2,1H3. The van der Waals surface area contributed by atoms with Crippen LogP contribution in [0.15, 0.2) is 54.6 Å². The minimum atomic E-state index is 0.612. The molecular formula is C21H20OSi. The van der Waals surface area contributed by atoms with Crippen molar-refractivity contribution in [2.24, 2.45) is 0 Å². The molecule has 23 heavy (non-hydrogen) atoms. The van der Waals surface area contributed by atoms with Gasteiger partial charge in [0, 0.05) is 0 Å². The molecule has 0 amide bonds. The highest BCUT2D eigenvalue weighted by molar-refractivity contribution is 6.27. The molecule has 114 valence electrons. The fraction of sp³-hybridized carbons (Fsp3) is 0.238. The molecule has 0 heterocycles. The largest absolute Gasteiger partial charge is 0.413 e. The van der Waals surface area contributed by atoms with Crippen molar-refractivity contribution >= 4 is 42.1 Å². The SMILES string of the molecule is CCCC[Si]OCc1ccc2ccc3cccc4ccc1c2c34. The quantitative estimate of drug-likeness (QED) is 0.243. The van der Waals surface area contributed by atoms with Crippen LogP contribution in [0.3, 0.4) is 0 Å². The van der Waals surface area contributed by atoms with E-state index in [9.17, 15) is 0 Å². The van der Waals surface area contributed by atoms with Crippen molar-refractivity contribution in [3.63, 3.8) is 0 Å². The van der Waals surface area contributed by atoms with Crippen LogP contribution in [0.2, 0.25) is 6.04 Å². The summed E-state index contributed by atoms with van der Waals surface area (Å²) in [5.74, 6) is 0. The first-order valence-electron chi connectivity index (χ1n) is 8.38. The van der Waals surface area contributed by atoms with Crippen LogP contribution in [-0.2, 0) is 11.0 Å². The molecule has 2 heteroatoms. The maximum atomic E-state index is 5.94. The van der Waals surface area contributed by atoms with Crippen LogP contribution >= 0.6 is 0 Å². The van der Waals surface area contributed by atoms with Gasteiger partial charge < -0.3 is 4.43 Å². The second-order valence-electron chi connectivity index (χ2n) is 6.12. The second-order valence-corrected chi connectivity index (χ2v) is 7.19. The van der Waals surface area contributed by atoms with Crippen molar-refractivity contribution < 1.29 is 4.43 Å². The summed E-state index contributed by atoms with van der Waals surface area (Å²) < 4.78 is 5.94. The number of benzene rings is 4. The van der Waals surface area contributed by atoms with Crippen molar-refractivity contribution in [2.45, 2.75) is 32.4 Å². The number of hydrogen-bond donors (Lipinski definition) is 0. The van der Waals surface area contributed by atoms with Gasteiger partial charge in [0.2, 0.25) is 9.76 Å². The van der Waals surface area contributed by atoms with E-state index in [1.165, 1.54) is 56.8 Å². The number of rotatable bonds is 6. The summed E-state index contributed by atoms with van der Waals surface area (Å²) in [6, 6.07) is 21.2. The molecule has 0 spiro atoms. The molecule has 0 saturated heterocycles. The highest BCUT2D eigenvalue weighted by atomic mass is 28.2. The van der Waals surface area contributed by atoms with Crippen LogP contribution in [0.1, 0.15) is 25.3 Å². The summed E-state index contributed by atoms with van der Waals surface area (Å²) in [4.78, 5) is 0. The average molecular weight is 316 g/mol. The minimum absolute atomic E-state index is 0.612. The van der Waals surface area contributed by atoms with E-state index in [-0.39, 0.29) is 0 Å². The molecule has 0 atom stereocenters. The second kappa shape index (κ2) is 6.30. The Bertz CT molecular complexity index is 929. The summed E-state index contributed by atoms with van der Waals surface area (Å²) in [5, 5.41) is 8.08. The molecule has 0 N–H and O–H groups in total. The topological polar surface area (TPSA) is 9.23 Å². The van der Waals surface area contributed by atoms with E-state index < -0.39 is 0 Å². The van der Waals surface area contributed by atoms with E-state index in [1.807, 2.05) is 0 Å². The number of hydrogen-bond acceptors (Lipinski definition) is 1. The third-order valence-electron chi connectivity index (χ3n) is 4.58. The van der Waals surface area contributed by atoms with Gasteiger partial charge in [-0.25, -0.2) is 0 Å². The Morgan fingerprint density at radius 2 is 1.52 bits per heavy atom. The molecule has 0 aliphatic carbocycles. The number of unbranched alkanes of at least 4 members (excludes halogenated alkanes) is 1. The molecule has 4 aromatic carbocycles. The first-order chi connectivity index (χ1) is 11.4. The average Bonchev–Trinajstić information content (AvgIpc) is 2.60. The Labute approximate surface area is 139 Å². The molecule has 4 aromatic rings. The van der Waals surface area contributed by atoms with Gasteiger partial charge in [0.25, 0.3) is 0 Å². The van der Waals surface area contributed by atoms with Gasteiger partial charge in [-0.1, -0.05) is 74.4 Å². The lowest BCUT2D eigenvalue weighted by Crippen LogP contribution is -1.99. The van der Waals surface area contributed by atoms with Crippen molar-refractivity contribution in [1.82, 2.24) is 0 Å². The Hall–Kier alpha value is -1.90. The first kappa shape index (κ1) is 14.7. The lowest BCUT2D eigenvalue weighted by molar-refractivity contribution is 0.324. The Balaban J connectivity index is 1.77. The smallest absolute Gasteiger partial charge is 0.230 e. The van der Waals surface area contributed by atoms with Crippen LogP contribution in [0, 0.1) is 0 Å². The Kier molecular flexibility index (Phi) is 4.02. The Morgan fingerprint density at radius 1 is 0.826 bits per heavy atom. The minimum Gasteiger partial charge on any atom is -0.413 e. The monoisotopic (exact) mass is 316 g/mol. The molecule has 0 aliphatic heterocycles. The molecule has 0 saturated carbocycles. The van der Waals surface area contributed by atoms with Gasteiger partial charge >= 0.3 is 0 Å².